The largest absolute Gasteiger partial charge is 0.0616 e. The first-order valence-corrected chi connectivity index (χ1v) is 14.8. The molecule has 0 nitrogen and oxygen atoms in total. The summed E-state index contributed by atoms with van der Waals surface area (Å²) in [5.74, 6) is 0. The molecule has 0 heteroatoms. The number of hydrogen-bond donors (Lipinski definition) is 0. The predicted molar refractivity (Wildman–Crippen MR) is 184 cm³/mol. The maximum absolute atomic E-state index is 2.50. The summed E-state index contributed by atoms with van der Waals surface area (Å²) in [5, 5.41) is 27.0. The Hall–Kier alpha value is -5.46. The van der Waals surface area contributed by atoms with Gasteiger partial charge in [0.1, 0.15) is 0 Å². The first-order chi connectivity index (χ1) is 20.9. The van der Waals surface area contributed by atoms with Gasteiger partial charge in [-0.15, -0.1) is 0 Å². The van der Waals surface area contributed by atoms with Crippen molar-refractivity contribution in [1.29, 1.82) is 0 Å². The van der Waals surface area contributed by atoms with E-state index in [1.54, 1.807) is 0 Å². The lowest BCUT2D eigenvalue weighted by atomic mass is 9.83. The molecule has 0 bridgehead atoms. The summed E-state index contributed by atoms with van der Waals surface area (Å²) in [4.78, 5) is 0. The third kappa shape index (κ3) is 2.35. The molecule has 0 heterocycles. The van der Waals surface area contributed by atoms with E-state index < -0.39 is 0 Å². The first-order valence-electron chi connectivity index (χ1n) is 14.8. The molecule has 0 aliphatic carbocycles. The second-order valence-corrected chi connectivity index (χ2v) is 11.9. The van der Waals surface area contributed by atoms with Gasteiger partial charge in [-0.25, -0.2) is 0 Å². The topological polar surface area (TPSA) is 0 Å². The fourth-order valence-electron chi connectivity index (χ4n) is 8.48. The summed E-state index contributed by atoms with van der Waals surface area (Å²) in [7, 11) is 0. The van der Waals surface area contributed by atoms with E-state index in [0.717, 1.165) is 0 Å². The van der Waals surface area contributed by atoms with Gasteiger partial charge in [-0.1, -0.05) is 121 Å². The van der Waals surface area contributed by atoms with Crippen LogP contribution in [0.5, 0.6) is 0 Å². The standard InChI is InChI=1S/C42H22/c1-2-10-24-23(9-1)27-13-5-17-31-35-21-37-33-19-7-15-29-25-11-3-4-12-26(25)30-16-8-20-34(42(30)41(29)33)38(37)22-36(35)32-18-6-14-28(24)40(32)39(27)31/h1-22H. The molecule has 11 aromatic carbocycles. The Kier molecular flexibility index (Phi) is 3.67. The molecule has 11 rings (SSSR count). The summed E-state index contributed by atoms with van der Waals surface area (Å²) < 4.78 is 0. The highest BCUT2D eigenvalue weighted by Crippen LogP contribution is 2.49. The molecule has 0 aliphatic rings. The molecule has 0 amide bonds. The Balaban J connectivity index is 1.47. The fourth-order valence-corrected chi connectivity index (χ4v) is 8.48. The zero-order valence-electron chi connectivity index (χ0n) is 22.7. The Bertz CT molecular complexity index is 2540. The van der Waals surface area contributed by atoms with Gasteiger partial charge in [0.25, 0.3) is 0 Å². The average Bonchev–Trinajstić information content (AvgIpc) is 3.07. The van der Waals surface area contributed by atoms with Crippen molar-refractivity contribution in [1.82, 2.24) is 0 Å². The van der Waals surface area contributed by atoms with Gasteiger partial charge in [0.2, 0.25) is 0 Å². The van der Waals surface area contributed by atoms with Gasteiger partial charge < -0.3 is 0 Å². The molecule has 0 atom stereocenters. The molecule has 190 valence electrons. The van der Waals surface area contributed by atoms with E-state index in [1.807, 2.05) is 0 Å². The molecular formula is C42H22. The minimum atomic E-state index is 1.33. The maximum Gasteiger partial charge on any atom is -0.00139 e. The zero-order valence-corrected chi connectivity index (χ0v) is 22.7. The molecule has 0 saturated carbocycles. The summed E-state index contributed by atoms with van der Waals surface area (Å²) in [5.41, 5.74) is 0. The van der Waals surface area contributed by atoms with Crippen LogP contribution in [-0.2, 0) is 0 Å². The van der Waals surface area contributed by atoms with Gasteiger partial charge >= 0.3 is 0 Å². The smallest absolute Gasteiger partial charge is 0.00139 e. The highest BCUT2D eigenvalue weighted by Gasteiger charge is 2.20. The normalized spacial score (nSPS) is 12.8. The average molecular weight is 527 g/mol. The van der Waals surface area contributed by atoms with Crippen LogP contribution in [0.2, 0.25) is 0 Å². The lowest BCUT2D eigenvalue weighted by molar-refractivity contribution is 1.79. The number of rotatable bonds is 0. The predicted octanol–water partition coefficient (Wildman–Crippen LogP) is 12.1. The SMILES string of the molecule is c1ccc2c(c1)c1cccc3c4cc5c(cc4c4cccc2c4c13)c1cccc2c3ccccc3c3cccc5c3c21. The van der Waals surface area contributed by atoms with E-state index in [2.05, 4.69) is 133 Å². The van der Waals surface area contributed by atoms with Gasteiger partial charge in [-0.05, 0) is 120 Å². The van der Waals surface area contributed by atoms with Crippen LogP contribution in [0.1, 0.15) is 0 Å². The quantitative estimate of drug-likeness (QED) is 0.136. The molecule has 0 aromatic heterocycles. The molecule has 0 spiro atoms. The van der Waals surface area contributed by atoms with Crippen molar-refractivity contribution in [2.24, 2.45) is 0 Å². The number of benzene rings is 11. The van der Waals surface area contributed by atoms with Crippen LogP contribution in [0.3, 0.4) is 0 Å². The van der Waals surface area contributed by atoms with Gasteiger partial charge in [-0.2, -0.15) is 0 Å². The third-order valence-electron chi connectivity index (χ3n) is 10.1. The molecule has 0 radical (unpaired) electrons. The molecule has 0 saturated heterocycles. The van der Waals surface area contributed by atoms with Gasteiger partial charge in [-0.3, -0.25) is 0 Å². The molecule has 11 aromatic rings. The van der Waals surface area contributed by atoms with Crippen molar-refractivity contribution in [3.8, 4) is 0 Å². The number of hydrogen-bond acceptors (Lipinski definition) is 0. The van der Waals surface area contributed by atoms with Crippen molar-refractivity contribution in [3.63, 3.8) is 0 Å². The second kappa shape index (κ2) is 7.24. The van der Waals surface area contributed by atoms with Crippen molar-refractivity contribution < 1.29 is 0 Å². The second-order valence-electron chi connectivity index (χ2n) is 11.9. The lowest BCUT2D eigenvalue weighted by Crippen LogP contribution is -1.92. The van der Waals surface area contributed by atoms with Crippen LogP contribution >= 0.6 is 0 Å². The summed E-state index contributed by atoms with van der Waals surface area (Å²) >= 11 is 0. The third-order valence-corrected chi connectivity index (χ3v) is 10.1. The van der Waals surface area contributed by atoms with Crippen LogP contribution in [0.15, 0.2) is 133 Å². The Morgan fingerprint density at radius 3 is 0.595 bits per heavy atom. The fraction of sp³-hybridized carbons (Fsp3) is 0. The monoisotopic (exact) mass is 526 g/mol. The molecule has 0 aliphatic heterocycles. The van der Waals surface area contributed by atoms with Gasteiger partial charge in [0.05, 0.1) is 0 Å². The van der Waals surface area contributed by atoms with E-state index in [9.17, 15) is 0 Å². The molecule has 0 unspecified atom stereocenters. The highest BCUT2D eigenvalue weighted by atomic mass is 14.2. The van der Waals surface area contributed by atoms with E-state index in [-0.39, 0.29) is 0 Å². The van der Waals surface area contributed by atoms with Crippen molar-refractivity contribution in [3.05, 3.63) is 133 Å². The summed E-state index contributed by atoms with van der Waals surface area (Å²) in [6.45, 7) is 0. The highest BCUT2D eigenvalue weighted by molar-refractivity contribution is 6.44. The van der Waals surface area contributed by atoms with Gasteiger partial charge in [0, 0.05) is 0 Å². The van der Waals surface area contributed by atoms with E-state index in [4.69, 9.17) is 0 Å². The van der Waals surface area contributed by atoms with E-state index in [0.29, 0.717) is 0 Å². The van der Waals surface area contributed by atoms with Crippen molar-refractivity contribution in [2.75, 3.05) is 0 Å². The maximum atomic E-state index is 2.50. The van der Waals surface area contributed by atoms with Crippen LogP contribution in [0.4, 0.5) is 0 Å². The van der Waals surface area contributed by atoms with Crippen molar-refractivity contribution in [2.45, 2.75) is 0 Å². The number of fused-ring (bicyclic) bond motifs is 12. The minimum Gasteiger partial charge on any atom is -0.0616 e. The van der Waals surface area contributed by atoms with Crippen LogP contribution in [0, 0.1) is 0 Å². The Labute approximate surface area is 240 Å². The van der Waals surface area contributed by atoms with Gasteiger partial charge in [0.15, 0.2) is 0 Å². The first kappa shape index (κ1) is 21.3. The zero-order chi connectivity index (χ0) is 27.1. The van der Waals surface area contributed by atoms with Crippen LogP contribution < -0.4 is 0 Å². The van der Waals surface area contributed by atoms with Crippen molar-refractivity contribution >= 4 is 108 Å². The summed E-state index contributed by atoms with van der Waals surface area (Å²) in [6.07, 6.45) is 0. The van der Waals surface area contributed by atoms with Crippen LogP contribution in [0.25, 0.3) is 108 Å². The Morgan fingerprint density at radius 1 is 0.167 bits per heavy atom. The summed E-state index contributed by atoms with van der Waals surface area (Å²) in [6, 6.07) is 50.4. The van der Waals surface area contributed by atoms with Crippen LogP contribution in [-0.4, -0.2) is 0 Å². The lowest BCUT2D eigenvalue weighted by Gasteiger charge is -2.20. The Morgan fingerprint density at radius 2 is 0.357 bits per heavy atom. The minimum absolute atomic E-state index is 1.33. The molecule has 0 N–H and O–H groups in total. The molecule has 0 fully saturated rings. The van der Waals surface area contributed by atoms with E-state index in [1.165, 1.54) is 108 Å². The molecular weight excluding hydrogens is 504 g/mol. The van der Waals surface area contributed by atoms with E-state index >= 15 is 0 Å². The molecule has 42 heavy (non-hydrogen) atoms.